The van der Waals surface area contributed by atoms with E-state index in [1.165, 1.54) is 36.9 Å². The number of rotatable bonds is 4. The molecule has 0 N–H and O–H groups in total. The second-order valence-corrected chi connectivity index (χ2v) is 7.64. The zero-order valence-electron chi connectivity index (χ0n) is 14.6. The molecule has 0 bridgehead atoms. The quantitative estimate of drug-likeness (QED) is 0.436. The number of hydrogen-bond acceptors (Lipinski definition) is 2. The summed E-state index contributed by atoms with van der Waals surface area (Å²) < 4.78 is 2.71. The molecule has 0 unspecified atom stereocenters. The van der Waals surface area contributed by atoms with Gasteiger partial charge in [-0.25, -0.2) is 0 Å². The van der Waals surface area contributed by atoms with Gasteiger partial charge >= 0.3 is 0 Å². The molecule has 4 rings (SSSR count). The van der Waals surface area contributed by atoms with Crippen LogP contribution in [0.4, 0.5) is 0 Å². The van der Waals surface area contributed by atoms with Crippen LogP contribution in [0.25, 0.3) is 25.7 Å². The minimum absolute atomic E-state index is 0.923. The molecular formula is C23H21NS. The van der Waals surface area contributed by atoms with Gasteiger partial charge in [-0.2, -0.15) is 0 Å². The Morgan fingerprint density at radius 1 is 0.800 bits per heavy atom. The molecule has 124 valence electrons. The molecule has 0 aliphatic heterocycles. The summed E-state index contributed by atoms with van der Waals surface area (Å²) in [7, 11) is 4.21. The summed E-state index contributed by atoms with van der Waals surface area (Å²) in [4.78, 5) is 2.20. The highest BCUT2D eigenvalue weighted by atomic mass is 32.1. The van der Waals surface area contributed by atoms with Gasteiger partial charge in [0.1, 0.15) is 0 Å². The molecule has 0 aliphatic carbocycles. The maximum atomic E-state index is 2.35. The molecule has 0 amide bonds. The smallest absolute Gasteiger partial charge is 0.0355 e. The van der Waals surface area contributed by atoms with Crippen LogP contribution in [-0.2, 0) is 0 Å². The molecule has 25 heavy (non-hydrogen) atoms. The van der Waals surface area contributed by atoms with E-state index in [9.17, 15) is 0 Å². The number of benzene rings is 3. The molecule has 2 heteroatoms. The summed E-state index contributed by atoms with van der Waals surface area (Å²) in [5, 5.41) is 2.70. The van der Waals surface area contributed by atoms with Crippen LogP contribution in [-0.4, -0.2) is 25.5 Å². The van der Waals surface area contributed by atoms with Crippen molar-refractivity contribution in [1.29, 1.82) is 0 Å². The van der Waals surface area contributed by atoms with E-state index in [1.54, 1.807) is 0 Å². The molecular weight excluding hydrogens is 322 g/mol. The Kier molecular flexibility index (Phi) is 4.39. The van der Waals surface area contributed by atoms with Crippen molar-refractivity contribution in [2.24, 2.45) is 0 Å². The summed E-state index contributed by atoms with van der Waals surface area (Å²) in [6.45, 7) is 0.923. The molecule has 0 spiro atoms. The van der Waals surface area contributed by atoms with Gasteiger partial charge in [0, 0.05) is 26.7 Å². The second kappa shape index (κ2) is 6.83. The topological polar surface area (TPSA) is 3.24 Å². The van der Waals surface area contributed by atoms with Crippen molar-refractivity contribution in [3.05, 3.63) is 90.0 Å². The fraction of sp³-hybridized carbons (Fsp3) is 0.130. The van der Waals surface area contributed by atoms with Gasteiger partial charge in [0.2, 0.25) is 0 Å². The van der Waals surface area contributed by atoms with Crippen molar-refractivity contribution >= 4 is 37.1 Å². The van der Waals surface area contributed by atoms with Gasteiger partial charge in [-0.05, 0) is 49.0 Å². The monoisotopic (exact) mass is 343 g/mol. The van der Waals surface area contributed by atoms with Gasteiger partial charge in [-0.3, -0.25) is 0 Å². The fourth-order valence-electron chi connectivity index (χ4n) is 3.19. The zero-order chi connectivity index (χ0) is 17.2. The average Bonchev–Trinajstić information content (AvgIpc) is 3.01. The second-order valence-electron chi connectivity index (χ2n) is 6.56. The number of thiophene rings is 1. The van der Waals surface area contributed by atoms with Crippen molar-refractivity contribution < 1.29 is 0 Å². The molecule has 1 nitrogen and oxygen atoms in total. The van der Waals surface area contributed by atoms with Crippen LogP contribution >= 0.6 is 11.3 Å². The van der Waals surface area contributed by atoms with Crippen molar-refractivity contribution in [3.63, 3.8) is 0 Å². The van der Waals surface area contributed by atoms with E-state index in [2.05, 4.69) is 97.9 Å². The first kappa shape index (κ1) is 16.1. The van der Waals surface area contributed by atoms with Crippen LogP contribution in [0.2, 0.25) is 0 Å². The minimum Gasteiger partial charge on any atom is -0.306 e. The Labute approximate surface area is 152 Å². The first-order valence-corrected chi connectivity index (χ1v) is 9.36. The highest BCUT2D eigenvalue weighted by molar-refractivity contribution is 7.25. The van der Waals surface area contributed by atoms with E-state index in [0.717, 1.165) is 6.54 Å². The van der Waals surface area contributed by atoms with Crippen LogP contribution in [0.1, 0.15) is 11.1 Å². The average molecular weight is 343 g/mol. The Balaban J connectivity index is 1.89. The lowest BCUT2D eigenvalue weighted by Gasteiger charge is -2.12. The molecule has 1 aromatic heterocycles. The Morgan fingerprint density at radius 2 is 1.52 bits per heavy atom. The minimum atomic E-state index is 0.923. The standard InChI is InChI=1S/C23H21NS/c1-24(2)15-14-19(17-8-4-3-5-9-17)18-12-13-23-21(16-18)20-10-6-7-11-22(20)25-23/h3-14,16H,15H2,1-2H3. The largest absolute Gasteiger partial charge is 0.306 e. The van der Waals surface area contributed by atoms with Gasteiger partial charge in [0.05, 0.1) is 0 Å². The van der Waals surface area contributed by atoms with E-state index in [0.29, 0.717) is 0 Å². The van der Waals surface area contributed by atoms with Crippen LogP contribution in [0.5, 0.6) is 0 Å². The van der Waals surface area contributed by atoms with Crippen molar-refractivity contribution in [2.75, 3.05) is 20.6 Å². The third kappa shape index (κ3) is 3.23. The molecule has 0 fully saturated rings. The summed E-state index contributed by atoms with van der Waals surface area (Å²) in [6.07, 6.45) is 2.32. The highest BCUT2D eigenvalue weighted by Crippen LogP contribution is 2.36. The van der Waals surface area contributed by atoms with E-state index in [4.69, 9.17) is 0 Å². The summed E-state index contributed by atoms with van der Waals surface area (Å²) in [5.74, 6) is 0. The Bertz CT molecular complexity index is 1040. The number of fused-ring (bicyclic) bond motifs is 3. The van der Waals surface area contributed by atoms with E-state index >= 15 is 0 Å². The lowest BCUT2D eigenvalue weighted by molar-refractivity contribution is 0.457. The molecule has 4 aromatic rings. The lowest BCUT2D eigenvalue weighted by Crippen LogP contribution is -2.11. The third-order valence-electron chi connectivity index (χ3n) is 4.43. The Morgan fingerprint density at radius 3 is 2.32 bits per heavy atom. The third-order valence-corrected chi connectivity index (χ3v) is 5.58. The van der Waals surface area contributed by atoms with Gasteiger partial charge in [0.25, 0.3) is 0 Å². The van der Waals surface area contributed by atoms with Crippen LogP contribution < -0.4 is 0 Å². The number of nitrogens with zero attached hydrogens (tertiary/aromatic N) is 1. The van der Waals surface area contributed by atoms with E-state index in [1.807, 2.05) is 11.3 Å². The van der Waals surface area contributed by atoms with Gasteiger partial charge in [-0.15, -0.1) is 11.3 Å². The first-order chi connectivity index (χ1) is 12.2. The van der Waals surface area contributed by atoms with Gasteiger partial charge in [-0.1, -0.05) is 60.7 Å². The molecule has 0 atom stereocenters. The van der Waals surface area contributed by atoms with Crippen LogP contribution in [0, 0.1) is 0 Å². The first-order valence-electron chi connectivity index (χ1n) is 8.54. The fourth-order valence-corrected chi connectivity index (χ4v) is 4.27. The van der Waals surface area contributed by atoms with Crippen molar-refractivity contribution in [1.82, 2.24) is 4.90 Å². The number of hydrogen-bond donors (Lipinski definition) is 0. The molecule has 0 radical (unpaired) electrons. The number of likely N-dealkylation sites (N-methyl/N-ethyl adjacent to an activating group) is 1. The summed E-state index contributed by atoms with van der Waals surface area (Å²) >= 11 is 1.87. The van der Waals surface area contributed by atoms with Gasteiger partial charge in [0.15, 0.2) is 0 Å². The van der Waals surface area contributed by atoms with Crippen molar-refractivity contribution in [3.8, 4) is 0 Å². The molecule has 3 aromatic carbocycles. The van der Waals surface area contributed by atoms with Crippen LogP contribution in [0.3, 0.4) is 0 Å². The van der Waals surface area contributed by atoms with E-state index in [-0.39, 0.29) is 0 Å². The molecule has 0 aliphatic rings. The SMILES string of the molecule is CN(C)CC=C(c1ccccc1)c1ccc2sc3ccccc3c2c1. The maximum Gasteiger partial charge on any atom is 0.0355 e. The summed E-state index contributed by atoms with van der Waals surface area (Å²) in [6, 6.07) is 26.2. The Hall–Kier alpha value is -2.42. The predicted molar refractivity (Wildman–Crippen MR) is 111 cm³/mol. The van der Waals surface area contributed by atoms with Gasteiger partial charge < -0.3 is 4.90 Å². The predicted octanol–water partition coefficient (Wildman–Crippen LogP) is 6.05. The highest BCUT2D eigenvalue weighted by Gasteiger charge is 2.09. The summed E-state index contributed by atoms with van der Waals surface area (Å²) in [5.41, 5.74) is 3.85. The van der Waals surface area contributed by atoms with E-state index < -0.39 is 0 Å². The van der Waals surface area contributed by atoms with Crippen molar-refractivity contribution in [2.45, 2.75) is 0 Å². The zero-order valence-corrected chi connectivity index (χ0v) is 15.4. The molecule has 0 saturated heterocycles. The van der Waals surface area contributed by atoms with Crippen LogP contribution in [0.15, 0.2) is 78.9 Å². The molecule has 1 heterocycles. The lowest BCUT2D eigenvalue weighted by atomic mass is 9.96. The normalized spacial score (nSPS) is 12.4. The molecule has 0 saturated carbocycles. The maximum absolute atomic E-state index is 2.35.